The van der Waals surface area contributed by atoms with Gasteiger partial charge < -0.3 is 19.4 Å². The molecule has 0 radical (unpaired) electrons. The molecule has 252 valence electrons. The van der Waals surface area contributed by atoms with Gasteiger partial charge in [0.2, 0.25) is 0 Å². The summed E-state index contributed by atoms with van der Waals surface area (Å²) < 4.78 is 6.44. The number of ether oxygens (including phenoxy) is 1. The van der Waals surface area contributed by atoms with Crippen molar-refractivity contribution < 1.29 is 4.74 Å². The molecule has 53 heavy (non-hydrogen) atoms. The summed E-state index contributed by atoms with van der Waals surface area (Å²) in [4.78, 5) is 10.5. The van der Waals surface area contributed by atoms with Crippen molar-refractivity contribution in [3.05, 3.63) is 192 Å². The number of para-hydroxylation sites is 6. The molecule has 9 rings (SSSR count). The van der Waals surface area contributed by atoms with E-state index in [-0.39, 0.29) is 5.41 Å². The highest BCUT2D eigenvalue weighted by Gasteiger charge is 2.37. The SMILES string of the molecule is [C-]#[N+]c1ccc(N(c2ccc(C#N)cc2)c2cc(N3c4ccccc4Oc4ccccc43)cc(N3c4ccccc4C(C)(C)c4ccccc43)c2)cc1. The molecule has 6 heteroatoms. The van der Waals surface area contributed by atoms with E-state index in [9.17, 15) is 5.26 Å². The van der Waals surface area contributed by atoms with Crippen molar-refractivity contribution in [2.45, 2.75) is 19.3 Å². The van der Waals surface area contributed by atoms with Crippen LogP contribution in [0.5, 0.6) is 11.5 Å². The summed E-state index contributed by atoms with van der Waals surface area (Å²) in [6.45, 7) is 12.2. The van der Waals surface area contributed by atoms with E-state index in [1.807, 2.05) is 84.9 Å². The number of nitrogens with zero attached hydrogens (tertiary/aromatic N) is 5. The average Bonchev–Trinajstić information content (AvgIpc) is 3.20. The Labute approximate surface area is 309 Å². The minimum atomic E-state index is -0.217. The minimum absolute atomic E-state index is 0.217. The Morgan fingerprint density at radius 3 is 1.53 bits per heavy atom. The van der Waals surface area contributed by atoms with Crippen LogP contribution in [-0.2, 0) is 5.41 Å². The van der Waals surface area contributed by atoms with Crippen molar-refractivity contribution in [2.75, 3.05) is 14.7 Å². The number of nitriles is 1. The number of benzene rings is 7. The third-order valence-electron chi connectivity index (χ3n) is 10.2. The van der Waals surface area contributed by atoms with E-state index < -0.39 is 0 Å². The molecular formula is C47H33N5O. The number of anilines is 9. The molecule has 6 nitrogen and oxygen atoms in total. The van der Waals surface area contributed by atoms with Crippen LogP contribution in [0, 0.1) is 17.9 Å². The lowest BCUT2D eigenvalue weighted by molar-refractivity contribution is 0.477. The summed E-state index contributed by atoms with van der Waals surface area (Å²) in [6, 6.07) is 57.8. The smallest absolute Gasteiger partial charge is 0.187 e. The molecule has 0 aromatic heterocycles. The largest absolute Gasteiger partial charge is 0.453 e. The van der Waals surface area contributed by atoms with Crippen LogP contribution >= 0.6 is 0 Å². The summed E-state index contributed by atoms with van der Waals surface area (Å²) in [6.07, 6.45) is 0. The topological polar surface area (TPSA) is 47.1 Å². The highest BCUT2D eigenvalue weighted by Crippen LogP contribution is 2.55. The maximum atomic E-state index is 9.66. The Morgan fingerprint density at radius 1 is 0.566 bits per heavy atom. The van der Waals surface area contributed by atoms with Gasteiger partial charge in [-0.25, -0.2) is 4.85 Å². The Hall–Kier alpha value is -7.28. The first-order valence-electron chi connectivity index (χ1n) is 17.5. The monoisotopic (exact) mass is 683 g/mol. The molecule has 0 saturated heterocycles. The molecule has 0 unspecified atom stereocenters. The molecule has 2 heterocycles. The van der Waals surface area contributed by atoms with Gasteiger partial charge in [0.05, 0.1) is 58.0 Å². The van der Waals surface area contributed by atoms with Crippen molar-refractivity contribution >= 4 is 56.9 Å². The van der Waals surface area contributed by atoms with E-state index in [1.54, 1.807) is 0 Å². The van der Waals surface area contributed by atoms with Crippen LogP contribution in [0.4, 0.5) is 56.9 Å². The van der Waals surface area contributed by atoms with Crippen LogP contribution < -0.4 is 19.4 Å². The van der Waals surface area contributed by atoms with E-state index in [2.05, 4.69) is 118 Å². The van der Waals surface area contributed by atoms with Crippen LogP contribution in [0.15, 0.2) is 164 Å². The van der Waals surface area contributed by atoms with Crippen LogP contribution in [0.25, 0.3) is 4.85 Å². The predicted molar refractivity (Wildman–Crippen MR) is 214 cm³/mol. The van der Waals surface area contributed by atoms with Gasteiger partial charge in [-0.3, -0.25) is 0 Å². The van der Waals surface area contributed by atoms with Crippen LogP contribution in [-0.4, -0.2) is 0 Å². The Morgan fingerprint density at radius 2 is 1.02 bits per heavy atom. The number of fused-ring (bicyclic) bond motifs is 4. The van der Waals surface area contributed by atoms with Gasteiger partial charge in [-0.2, -0.15) is 5.26 Å². The Kier molecular flexibility index (Phi) is 7.47. The van der Waals surface area contributed by atoms with Gasteiger partial charge in [0, 0.05) is 16.8 Å². The second-order valence-corrected chi connectivity index (χ2v) is 13.7. The zero-order valence-electron chi connectivity index (χ0n) is 29.2. The fraction of sp³-hybridized carbons (Fsp3) is 0.0638. The summed E-state index contributed by atoms with van der Waals surface area (Å²) >= 11 is 0. The Balaban J connectivity index is 1.35. The van der Waals surface area contributed by atoms with Gasteiger partial charge in [0.1, 0.15) is 0 Å². The molecule has 7 aromatic rings. The van der Waals surface area contributed by atoms with Gasteiger partial charge >= 0.3 is 0 Å². The third kappa shape index (κ3) is 5.25. The van der Waals surface area contributed by atoms with Crippen molar-refractivity contribution in [3.8, 4) is 17.6 Å². The zero-order valence-corrected chi connectivity index (χ0v) is 29.2. The van der Waals surface area contributed by atoms with Gasteiger partial charge in [-0.1, -0.05) is 86.6 Å². The zero-order chi connectivity index (χ0) is 36.1. The molecule has 0 aliphatic carbocycles. The van der Waals surface area contributed by atoms with E-state index in [1.165, 1.54) is 11.1 Å². The minimum Gasteiger partial charge on any atom is -0.453 e. The van der Waals surface area contributed by atoms with E-state index in [4.69, 9.17) is 11.3 Å². The molecule has 0 spiro atoms. The van der Waals surface area contributed by atoms with Gasteiger partial charge in [-0.05, 0) is 102 Å². The lowest BCUT2D eigenvalue weighted by Crippen LogP contribution is -2.30. The molecular weight excluding hydrogens is 651 g/mol. The molecule has 7 aromatic carbocycles. The normalized spacial score (nSPS) is 13.3. The first kappa shape index (κ1) is 31.7. The van der Waals surface area contributed by atoms with Crippen LogP contribution in [0.1, 0.15) is 30.5 Å². The molecule has 0 bridgehead atoms. The first-order chi connectivity index (χ1) is 25.9. The van der Waals surface area contributed by atoms with Gasteiger partial charge in [-0.15, -0.1) is 0 Å². The molecule has 0 N–H and O–H groups in total. The number of rotatable bonds is 5. The van der Waals surface area contributed by atoms with Gasteiger partial charge in [0.25, 0.3) is 0 Å². The van der Waals surface area contributed by atoms with E-state index in [0.29, 0.717) is 11.3 Å². The second kappa shape index (κ2) is 12.5. The predicted octanol–water partition coefficient (Wildman–Crippen LogP) is 13.3. The summed E-state index contributed by atoms with van der Waals surface area (Å²) in [5.41, 5.74) is 12.1. The number of hydrogen-bond acceptors (Lipinski definition) is 5. The second-order valence-electron chi connectivity index (χ2n) is 13.7. The molecule has 2 aliphatic heterocycles. The fourth-order valence-electron chi connectivity index (χ4n) is 7.71. The lowest BCUT2D eigenvalue weighted by Gasteiger charge is -2.42. The highest BCUT2D eigenvalue weighted by atomic mass is 16.5. The fourth-order valence-corrected chi connectivity index (χ4v) is 7.71. The van der Waals surface area contributed by atoms with Crippen molar-refractivity contribution in [3.63, 3.8) is 0 Å². The van der Waals surface area contributed by atoms with E-state index >= 15 is 0 Å². The van der Waals surface area contributed by atoms with Crippen molar-refractivity contribution in [1.29, 1.82) is 5.26 Å². The third-order valence-corrected chi connectivity index (χ3v) is 10.2. The van der Waals surface area contributed by atoms with Gasteiger partial charge in [0.15, 0.2) is 17.2 Å². The maximum Gasteiger partial charge on any atom is 0.187 e. The lowest BCUT2D eigenvalue weighted by atomic mass is 9.73. The van der Waals surface area contributed by atoms with E-state index in [0.717, 1.165) is 62.7 Å². The van der Waals surface area contributed by atoms with Crippen LogP contribution in [0.3, 0.4) is 0 Å². The molecule has 0 fully saturated rings. The van der Waals surface area contributed by atoms with Crippen molar-refractivity contribution in [2.24, 2.45) is 0 Å². The first-order valence-corrected chi connectivity index (χ1v) is 17.5. The molecule has 2 aliphatic rings. The standard InChI is InChI=1S/C47H33N5O/c1-47(2)39-12-4-6-14-41(39)51(42-15-7-5-13-40(42)47)37-28-36(50(34-24-20-32(31-48)21-25-34)35-26-22-33(49-3)23-27-35)29-38(30-37)52-43-16-8-10-18-45(43)53-46-19-11-9-17-44(46)52/h4-30H,1-2H3. The maximum absolute atomic E-state index is 9.66. The quantitative estimate of drug-likeness (QED) is 0.169. The Bertz CT molecular complexity index is 2460. The van der Waals surface area contributed by atoms with Crippen LogP contribution in [0.2, 0.25) is 0 Å². The summed E-state index contributed by atoms with van der Waals surface area (Å²) in [5, 5.41) is 9.66. The highest BCUT2D eigenvalue weighted by molar-refractivity contribution is 5.94. The molecule has 0 atom stereocenters. The summed E-state index contributed by atoms with van der Waals surface area (Å²) in [7, 11) is 0. The molecule has 0 saturated carbocycles. The van der Waals surface area contributed by atoms with Crippen molar-refractivity contribution in [1.82, 2.24) is 0 Å². The number of hydrogen-bond donors (Lipinski definition) is 0. The molecule has 0 amide bonds. The average molecular weight is 684 g/mol. The summed E-state index contributed by atoms with van der Waals surface area (Å²) in [5.74, 6) is 1.54.